The van der Waals surface area contributed by atoms with Gasteiger partial charge in [0, 0.05) is 6.04 Å². The van der Waals surface area contributed by atoms with E-state index in [1.807, 2.05) is 0 Å². The minimum absolute atomic E-state index is 0.400. The van der Waals surface area contributed by atoms with Crippen molar-refractivity contribution in [3.8, 4) is 0 Å². The molecule has 0 aliphatic heterocycles. The molecule has 1 rings (SSSR count). The lowest BCUT2D eigenvalue weighted by Crippen LogP contribution is -2.32. The Morgan fingerprint density at radius 1 is 1.29 bits per heavy atom. The third-order valence-electron chi connectivity index (χ3n) is 3.25. The van der Waals surface area contributed by atoms with Crippen molar-refractivity contribution in [2.75, 3.05) is 6.54 Å². The minimum Gasteiger partial charge on any atom is -0.310 e. The summed E-state index contributed by atoms with van der Waals surface area (Å²) in [7, 11) is 0. The van der Waals surface area contributed by atoms with Gasteiger partial charge >= 0.3 is 0 Å². The van der Waals surface area contributed by atoms with Gasteiger partial charge in [0.05, 0.1) is 0 Å². The number of hydrogen-bond donors (Lipinski definition) is 1. The van der Waals surface area contributed by atoms with E-state index in [4.69, 9.17) is 0 Å². The van der Waals surface area contributed by atoms with Gasteiger partial charge in [0.2, 0.25) is 0 Å². The molecule has 0 fully saturated rings. The Hall–Kier alpha value is -1.08. The Morgan fingerprint density at radius 3 is 2.53 bits per heavy atom. The summed E-state index contributed by atoms with van der Waals surface area (Å²) in [4.78, 5) is 0. The highest BCUT2D eigenvalue weighted by Gasteiger charge is 2.09. The van der Waals surface area contributed by atoms with E-state index in [0.29, 0.717) is 6.04 Å². The van der Waals surface area contributed by atoms with Crippen molar-refractivity contribution < 1.29 is 0 Å². The first-order valence-electron chi connectivity index (χ1n) is 6.49. The maximum Gasteiger partial charge on any atom is 0.0314 e. The lowest BCUT2D eigenvalue weighted by molar-refractivity contribution is 0.563. The van der Waals surface area contributed by atoms with Crippen LogP contribution in [0.4, 0.5) is 0 Å². The smallest absolute Gasteiger partial charge is 0.0314 e. The Labute approximate surface area is 106 Å². The van der Waals surface area contributed by atoms with Gasteiger partial charge in [-0.15, -0.1) is 0 Å². The monoisotopic (exact) mass is 231 g/mol. The summed E-state index contributed by atoms with van der Waals surface area (Å²) in [6, 6.07) is 7.13. The highest BCUT2D eigenvalue weighted by atomic mass is 14.9. The SMILES string of the molecule is C=C(C)C(Cc1ccc(C)c(C)c1)NCCC. The van der Waals surface area contributed by atoms with Crippen LogP contribution in [0.15, 0.2) is 30.4 Å². The van der Waals surface area contributed by atoms with Crippen LogP contribution in [0, 0.1) is 13.8 Å². The molecule has 0 bridgehead atoms. The highest BCUT2D eigenvalue weighted by molar-refractivity contribution is 5.31. The molecule has 0 heterocycles. The van der Waals surface area contributed by atoms with Gasteiger partial charge in [0.25, 0.3) is 0 Å². The average molecular weight is 231 g/mol. The average Bonchev–Trinajstić information content (AvgIpc) is 2.28. The van der Waals surface area contributed by atoms with Crippen molar-refractivity contribution in [2.24, 2.45) is 0 Å². The molecule has 0 aliphatic carbocycles. The highest BCUT2D eigenvalue weighted by Crippen LogP contribution is 2.13. The standard InChI is InChI=1S/C16H25N/c1-6-9-17-16(12(2)3)11-15-8-7-13(4)14(5)10-15/h7-8,10,16-17H,2,6,9,11H2,1,3-5H3. The fourth-order valence-corrected chi connectivity index (χ4v) is 1.91. The third kappa shape index (κ3) is 4.35. The zero-order valence-corrected chi connectivity index (χ0v) is 11.6. The van der Waals surface area contributed by atoms with Crippen LogP contribution in [0.25, 0.3) is 0 Å². The number of hydrogen-bond acceptors (Lipinski definition) is 1. The molecule has 0 spiro atoms. The Kier molecular flexibility index (Phi) is 5.43. The molecule has 1 nitrogen and oxygen atoms in total. The first kappa shape index (κ1) is 14.0. The van der Waals surface area contributed by atoms with E-state index in [0.717, 1.165) is 19.4 Å². The second-order valence-electron chi connectivity index (χ2n) is 4.98. The fraction of sp³-hybridized carbons (Fsp3) is 0.500. The molecule has 0 radical (unpaired) electrons. The van der Waals surface area contributed by atoms with Crippen LogP contribution in [-0.4, -0.2) is 12.6 Å². The Bertz CT molecular complexity index is 379. The fourth-order valence-electron chi connectivity index (χ4n) is 1.91. The first-order valence-corrected chi connectivity index (χ1v) is 6.49. The Morgan fingerprint density at radius 2 is 2.00 bits per heavy atom. The van der Waals surface area contributed by atoms with Gasteiger partial charge < -0.3 is 5.32 Å². The molecule has 17 heavy (non-hydrogen) atoms. The predicted octanol–water partition coefficient (Wildman–Crippen LogP) is 3.79. The van der Waals surface area contributed by atoms with Crippen molar-refractivity contribution in [3.63, 3.8) is 0 Å². The normalized spacial score (nSPS) is 12.5. The third-order valence-corrected chi connectivity index (χ3v) is 3.25. The second-order valence-corrected chi connectivity index (χ2v) is 4.98. The van der Waals surface area contributed by atoms with E-state index < -0.39 is 0 Å². The van der Waals surface area contributed by atoms with Gasteiger partial charge in [-0.2, -0.15) is 0 Å². The zero-order valence-electron chi connectivity index (χ0n) is 11.6. The van der Waals surface area contributed by atoms with Crippen LogP contribution >= 0.6 is 0 Å². The number of benzene rings is 1. The molecule has 1 heteroatoms. The second kappa shape index (κ2) is 6.61. The molecule has 0 saturated carbocycles. The lowest BCUT2D eigenvalue weighted by atomic mass is 9.98. The summed E-state index contributed by atoms with van der Waals surface area (Å²) < 4.78 is 0. The van der Waals surface area contributed by atoms with Crippen molar-refractivity contribution in [1.29, 1.82) is 0 Å². The summed E-state index contributed by atoms with van der Waals surface area (Å²) >= 11 is 0. The lowest BCUT2D eigenvalue weighted by Gasteiger charge is -2.19. The molecule has 0 saturated heterocycles. The number of nitrogens with one attached hydrogen (secondary N) is 1. The van der Waals surface area contributed by atoms with E-state index in [1.165, 1.54) is 22.3 Å². The van der Waals surface area contributed by atoms with E-state index in [2.05, 4.69) is 57.8 Å². The van der Waals surface area contributed by atoms with Gasteiger partial charge in [-0.05, 0) is 56.8 Å². The van der Waals surface area contributed by atoms with Crippen LogP contribution in [0.1, 0.15) is 37.0 Å². The summed E-state index contributed by atoms with van der Waals surface area (Å²) in [6.45, 7) is 13.8. The van der Waals surface area contributed by atoms with Crippen molar-refractivity contribution in [3.05, 3.63) is 47.0 Å². The molecule has 0 aromatic heterocycles. The van der Waals surface area contributed by atoms with Gasteiger partial charge in [-0.25, -0.2) is 0 Å². The predicted molar refractivity (Wildman–Crippen MR) is 76.5 cm³/mol. The maximum absolute atomic E-state index is 4.08. The molecule has 1 N–H and O–H groups in total. The molecular formula is C16H25N. The van der Waals surface area contributed by atoms with Gasteiger partial charge in [-0.1, -0.05) is 37.3 Å². The van der Waals surface area contributed by atoms with E-state index in [-0.39, 0.29) is 0 Å². The molecule has 1 atom stereocenters. The summed E-state index contributed by atoms with van der Waals surface area (Å²) in [6.07, 6.45) is 2.20. The molecule has 1 aromatic rings. The summed E-state index contributed by atoms with van der Waals surface area (Å²) in [5, 5.41) is 3.55. The zero-order chi connectivity index (χ0) is 12.8. The first-order chi connectivity index (χ1) is 8.04. The van der Waals surface area contributed by atoms with Crippen molar-refractivity contribution >= 4 is 0 Å². The molecule has 1 unspecified atom stereocenters. The molecular weight excluding hydrogens is 206 g/mol. The van der Waals surface area contributed by atoms with Gasteiger partial charge in [-0.3, -0.25) is 0 Å². The van der Waals surface area contributed by atoms with E-state index in [9.17, 15) is 0 Å². The van der Waals surface area contributed by atoms with Gasteiger partial charge in [0.1, 0.15) is 0 Å². The van der Waals surface area contributed by atoms with Crippen LogP contribution in [0.3, 0.4) is 0 Å². The van der Waals surface area contributed by atoms with E-state index >= 15 is 0 Å². The van der Waals surface area contributed by atoms with Crippen LogP contribution in [-0.2, 0) is 6.42 Å². The van der Waals surface area contributed by atoms with Crippen molar-refractivity contribution in [2.45, 2.75) is 46.6 Å². The Balaban J connectivity index is 2.71. The van der Waals surface area contributed by atoms with Crippen LogP contribution in [0.2, 0.25) is 0 Å². The van der Waals surface area contributed by atoms with Crippen LogP contribution in [0.5, 0.6) is 0 Å². The molecule has 94 valence electrons. The number of rotatable bonds is 6. The van der Waals surface area contributed by atoms with E-state index in [1.54, 1.807) is 0 Å². The summed E-state index contributed by atoms with van der Waals surface area (Å²) in [5.41, 5.74) is 5.35. The quantitative estimate of drug-likeness (QED) is 0.734. The maximum atomic E-state index is 4.08. The largest absolute Gasteiger partial charge is 0.310 e. The summed E-state index contributed by atoms with van der Waals surface area (Å²) in [5.74, 6) is 0. The van der Waals surface area contributed by atoms with Crippen LogP contribution < -0.4 is 5.32 Å². The molecule has 0 amide bonds. The molecule has 0 aliphatic rings. The molecule has 1 aromatic carbocycles. The van der Waals surface area contributed by atoms with Crippen molar-refractivity contribution in [1.82, 2.24) is 5.32 Å². The van der Waals surface area contributed by atoms with Gasteiger partial charge in [0.15, 0.2) is 0 Å². The number of aryl methyl sites for hydroxylation is 2. The topological polar surface area (TPSA) is 12.0 Å². The minimum atomic E-state index is 0.400.